The lowest BCUT2D eigenvalue weighted by Crippen LogP contribution is -2.34. The van der Waals surface area contributed by atoms with Gasteiger partial charge in [-0.2, -0.15) is 0 Å². The van der Waals surface area contributed by atoms with Crippen molar-refractivity contribution in [2.75, 3.05) is 5.73 Å². The van der Waals surface area contributed by atoms with Crippen LogP contribution in [0.1, 0.15) is 24.2 Å². The molecule has 0 spiro atoms. The van der Waals surface area contributed by atoms with Crippen molar-refractivity contribution >= 4 is 28.5 Å². The average molecular weight is 273 g/mol. The summed E-state index contributed by atoms with van der Waals surface area (Å²) in [7, 11) is 0. The lowest BCUT2D eigenvalue weighted by molar-refractivity contribution is -0.139. The molecule has 5 N–H and O–H groups in total. The number of nitrogens with two attached hydrogens (primary N) is 2. The maximum atomic E-state index is 10.6. The first-order chi connectivity index (χ1) is 8.27. The number of benzene rings is 1. The minimum absolute atomic E-state index is 0.0208. The van der Waals surface area contributed by atoms with Gasteiger partial charge in [0.05, 0.1) is 5.56 Å². The van der Waals surface area contributed by atoms with Crippen molar-refractivity contribution < 1.29 is 14.7 Å². The van der Waals surface area contributed by atoms with Crippen LogP contribution in [0, 0.1) is 5.92 Å². The lowest BCUT2D eigenvalue weighted by Gasteiger charge is -2.07. The molecular weight excluding hydrogens is 256 g/mol. The van der Waals surface area contributed by atoms with Gasteiger partial charge in [-0.15, -0.1) is 0 Å². The van der Waals surface area contributed by atoms with E-state index < -0.39 is 17.3 Å². The highest BCUT2D eigenvalue weighted by Gasteiger charge is 2.14. The van der Waals surface area contributed by atoms with E-state index in [1.54, 1.807) is 38.1 Å². The molecule has 0 heterocycles. The van der Waals surface area contributed by atoms with E-state index in [0.717, 1.165) is 0 Å². The molecule has 1 atom stereocenters. The first-order valence-electron chi connectivity index (χ1n) is 5.30. The Labute approximate surface area is 111 Å². The Balaban J connectivity index is 0.000000331. The zero-order chi connectivity index (χ0) is 14.3. The third-order valence-electron chi connectivity index (χ3n) is 2.18. The van der Waals surface area contributed by atoms with Gasteiger partial charge in [-0.1, -0.05) is 26.0 Å². The highest BCUT2D eigenvalue weighted by Crippen LogP contribution is 2.12. The quantitative estimate of drug-likeness (QED) is 0.573. The summed E-state index contributed by atoms with van der Waals surface area (Å²) < 4.78 is 0. The van der Waals surface area contributed by atoms with Gasteiger partial charge in [0.25, 0.3) is 5.24 Å². The molecule has 100 valence electrons. The fourth-order valence-corrected chi connectivity index (χ4v) is 1.13. The number of anilines is 1. The smallest absolute Gasteiger partial charge is 0.320 e. The largest absolute Gasteiger partial charge is 0.480 e. The van der Waals surface area contributed by atoms with Crippen molar-refractivity contribution in [2.24, 2.45) is 11.7 Å². The second-order valence-corrected chi connectivity index (χ2v) is 4.31. The van der Waals surface area contributed by atoms with Crippen LogP contribution >= 0.6 is 11.6 Å². The van der Waals surface area contributed by atoms with E-state index in [4.69, 9.17) is 28.2 Å². The molecular formula is C12H17ClN2O3. The van der Waals surface area contributed by atoms with Gasteiger partial charge in [-0.25, -0.2) is 0 Å². The fraction of sp³-hybridized carbons (Fsp3) is 0.333. The molecule has 0 saturated carbocycles. The first kappa shape index (κ1) is 16.4. The molecule has 18 heavy (non-hydrogen) atoms. The van der Waals surface area contributed by atoms with Crippen LogP contribution in [0.3, 0.4) is 0 Å². The molecule has 5 nitrogen and oxygen atoms in total. The van der Waals surface area contributed by atoms with E-state index in [2.05, 4.69) is 0 Å². The molecule has 0 saturated heterocycles. The summed E-state index contributed by atoms with van der Waals surface area (Å²) in [4.78, 5) is 20.6. The van der Waals surface area contributed by atoms with Crippen molar-refractivity contribution in [1.82, 2.24) is 0 Å². The van der Waals surface area contributed by atoms with Crippen LogP contribution in [0.2, 0.25) is 0 Å². The summed E-state index contributed by atoms with van der Waals surface area (Å²) in [6, 6.07) is 5.97. The van der Waals surface area contributed by atoms with Gasteiger partial charge in [0.2, 0.25) is 0 Å². The highest BCUT2D eigenvalue weighted by atomic mass is 35.5. The van der Waals surface area contributed by atoms with E-state index in [9.17, 15) is 9.59 Å². The Morgan fingerprint density at radius 3 is 2.00 bits per heavy atom. The fourth-order valence-electron chi connectivity index (χ4n) is 0.961. The monoisotopic (exact) mass is 272 g/mol. The summed E-state index contributed by atoms with van der Waals surface area (Å²) in [6.45, 7) is 3.55. The van der Waals surface area contributed by atoms with Crippen molar-refractivity contribution in [3.05, 3.63) is 29.8 Å². The molecule has 0 bridgehead atoms. The average Bonchev–Trinajstić information content (AvgIpc) is 2.28. The number of carboxylic acids is 1. The highest BCUT2D eigenvalue weighted by molar-refractivity contribution is 6.68. The van der Waals surface area contributed by atoms with Crippen molar-refractivity contribution in [2.45, 2.75) is 19.9 Å². The summed E-state index contributed by atoms with van der Waals surface area (Å²) in [5, 5.41) is 7.71. The number of halogens is 1. The molecule has 0 fully saturated rings. The van der Waals surface area contributed by atoms with E-state index in [0.29, 0.717) is 11.3 Å². The van der Waals surface area contributed by atoms with Crippen molar-refractivity contribution in [1.29, 1.82) is 0 Å². The molecule has 1 rings (SSSR count). The lowest BCUT2D eigenvalue weighted by atomic mass is 10.1. The molecule has 0 aromatic heterocycles. The topological polar surface area (TPSA) is 106 Å². The summed E-state index contributed by atoms with van der Waals surface area (Å²) in [5.41, 5.74) is 11.4. The molecule has 0 aliphatic carbocycles. The Hall–Kier alpha value is -1.59. The third-order valence-corrected chi connectivity index (χ3v) is 2.38. The van der Waals surface area contributed by atoms with Crippen molar-refractivity contribution in [3.8, 4) is 0 Å². The maximum absolute atomic E-state index is 10.6. The Morgan fingerprint density at radius 2 is 1.78 bits per heavy atom. The third kappa shape index (κ3) is 5.65. The Kier molecular flexibility index (Phi) is 7.00. The minimum Gasteiger partial charge on any atom is -0.480 e. The van der Waals surface area contributed by atoms with Gasteiger partial charge >= 0.3 is 5.97 Å². The summed E-state index contributed by atoms with van der Waals surface area (Å²) in [6.07, 6.45) is 0. The molecule has 0 amide bonds. The first-order valence-corrected chi connectivity index (χ1v) is 5.67. The van der Waals surface area contributed by atoms with Gasteiger partial charge < -0.3 is 16.6 Å². The predicted molar refractivity (Wildman–Crippen MR) is 71.5 cm³/mol. The number of carbonyl (C=O) groups is 2. The molecule has 1 aromatic carbocycles. The zero-order valence-electron chi connectivity index (χ0n) is 10.3. The van der Waals surface area contributed by atoms with Gasteiger partial charge in [-0.05, 0) is 29.7 Å². The van der Waals surface area contributed by atoms with Crippen molar-refractivity contribution in [3.63, 3.8) is 0 Å². The van der Waals surface area contributed by atoms with E-state index in [1.807, 2.05) is 0 Å². The standard InChI is InChI=1S/C7H6ClNO.C5H11NO2/c8-7(10)5-3-1-2-4-6(5)9;1-3(2)4(6)5(7)8/h1-4H,9H2;3-4H,6H2,1-2H3,(H,7,8)/t;4-/m.0/s1. The second kappa shape index (κ2) is 7.68. The number of para-hydroxylation sites is 1. The normalized spacial score (nSPS) is 11.4. The SMILES string of the molecule is CC(C)[C@H](N)C(=O)O.Nc1ccccc1C(=O)Cl. The number of hydrogen-bond acceptors (Lipinski definition) is 4. The summed E-state index contributed by atoms with van der Waals surface area (Å²) in [5.74, 6) is -0.910. The molecule has 0 aliphatic rings. The van der Waals surface area contributed by atoms with E-state index >= 15 is 0 Å². The van der Waals surface area contributed by atoms with Crippen LogP contribution < -0.4 is 11.5 Å². The second-order valence-electron chi connectivity index (χ2n) is 3.97. The number of aliphatic carboxylic acids is 1. The molecule has 0 unspecified atom stereocenters. The van der Waals surface area contributed by atoms with Crippen LogP contribution in [0.5, 0.6) is 0 Å². The van der Waals surface area contributed by atoms with Gasteiger partial charge in [0, 0.05) is 5.69 Å². The van der Waals surface area contributed by atoms with E-state index in [-0.39, 0.29) is 5.92 Å². The Morgan fingerprint density at radius 1 is 1.28 bits per heavy atom. The molecule has 0 radical (unpaired) electrons. The van der Waals surface area contributed by atoms with Crippen LogP contribution in [0.15, 0.2) is 24.3 Å². The molecule has 6 heteroatoms. The van der Waals surface area contributed by atoms with Gasteiger partial charge in [-0.3, -0.25) is 9.59 Å². The number of carbonyl (C=O) groups excluding carboxylic acids is 1. The van der Waals surface area contributed by atoms with Gasteiger partial charge in [0.15, 0.2) is 0 Å². The number of carboxylic acid groups (broad SMARTS) is 1. The number of rotatable bonds is 3. The zero-order valence-corrected chi connectivity index (χ0v) is 11.0. The maximum Gasteiger partial charge on any atom is 0.320 e. The van der Waals surface area contributed by atoms with Crippen LogP contribution in [-0.2, 0) is 4.79 Å². The van der Waals surface area contributed by atoms with Crippen LogP contribution in [-0.4, -0.2) is 22.4 Å². The number of hydrogen-bond donors (Lipinski definition) is 3. The minimum atomic E-state index is -0.931. The summed E-state index contributed by atoms with van der Waals surface area (Å²) >= 11 is 5.19. The number of nitrogen functional groups attached to an aromatic ring is 1. The van der Waals surface area contributed by atoms with Gasteiger partial charge in [0.1, 0.15) is 6.04 Å². The molecule has 0 aliphatic heterocycles. The Bertz CT molecular complexity index is 422. The van der Waals surface area contributed by atoms with Crippen LogP contribution in [0.25, 0.3) is 0 Å². The van der Waals surface area contributed by atoms with Crippen LogP contribution in [0.4, 0.5) is 5.69 Å². The van der Waals surface area contributed by atoms with E-state index in [1.165, 1.54) is 0 Å². The molecule has 1 aromatic rings. The predicted octanol–water partition coefficient (Wildman–Crippen LogP) is 1.70.